The molecular formula is C12H20N4OS. The topological polar surface area (TPSA) is 71.2 Å². The maximum Gasteiger partial charge on any atom is 0.270 e. The molecule has 0 bridgehead atoms. The van der Waals surface area contributed by atoms with Crippen LogP contribution in [0.15, 0.2) is 5.38 Å². The minimum absolute atomic E-state index is 0.0945. The van der Waals surface area contributed by atoms with Gasteiger partial charge >= 0.3 is 0 Å². The molecule has 1 aromatic heterocycles. The molecule has 0 spiro atoms. The Kier molecular flexibility index (Phi) is 5.10. The lowest BCUT2D eigenvalue weighted by Crippen LogP contribution is -2.37. The van der Waals surface area contributed by atoms with Crippen LogP contribution >= 0.6 is 11.3 Å². The number of carbonyl (C=O) groups excluding carboxylic acids is 1. The number of likely N-dealkylation sites (tertiary alicyclic amines) is 1. The number of carbonyl (C=O) groups is 1. The summed E-state index contributed by atoms with van der Waals surface area (Å²) in [6.45, 7) is 4.33. The number of nitrogens with one attached hydrogen (secondary N) is 1. The van der Waals surface area contributed by atoms with Crippen molar-refractivity contribution >= 4 is 17.2 Å². The SMILES string of the molecule is NCc1nc(C(=O)NCCN2CCCCC2)cs1. The number of hydrogen-bond acceptors (Lipinski definition) is 5. The van der Waals surface area contributed by atoms with Crippen LogP contribution in [-0.4, -0.2) is 42.0 Å². The van der Waals surface area contributed by atoms with Crippen molar-refractivity contribution in [2.24, 2.45) is 5.73 Å². The third-order valence-corrected chi connectivity index (χ3v) is 3.99. The number of nitrogens with zero attached hydrogens (tertiary/aromatic N) is 2. The molecule has 3 N–H and O–H groups in total. The third kappa shape index (κ3) is 3.76. The van der Waals surface area contributed by atoms with Gasteiger partial charge in [0.05, 0.1) is 0 Å². The van der Waals surface area contributed by atoms with Gasteiger partial charge in [-0.05, 0) is 25.9 Å². The molecule has 0 radical (unpaired) electrons. The minimum atomic E-state index is -0.0945. The quantitative estimate of drug-likeness (QED) is 0.829. The van der Waals surface area contributed by atoms with E-state index >= 15 is 0 Å². The van der Waals surface area contributed by atoms with Crippen molar-refractivity contribution in [1.82, 2.24) is 15.2 Å². The van der Waals surface area contributed by atoms with E-state index in [1.165, 1.54) is 30.6 Å². The monoisotopic (exact) mass is 268 g/mol. The molecule has 1 saturated heterocycles. The standard InChI is InChI=1S/C12H20N4OS/c13-8-11-15-10(9-18-11)12(17)14-4-7-16-5-2-1-3-6-16/h9H,1-8,13H2,(H,14,17). The van der Waals surface area contributed by atoms with Crippen LogP contribution in [0.3, 0.4) is 0 Å². The molecule has 0 atom stereocenters. The summed E-state index contributed by atoms with van der Waals surface area (Å²) in [5, 5.41) is 5.47. The number of rotatable bonds is 5. The first-order chi connectivity index (χ1) is 8.79. The first-order valence-corrected chi connectivity index (χ1v) is 7.32. The van der Waals surface area contributed by atoms with Crippen molar-refractivity contribution in [3.63, 3.8) is 0 Å². The predicted molar refractivity (Wildman–Crippen MR) is 72.6 cm³/mol. The minimum Gasteiger partial charge on any atom is -0.349 e. The fourth-order valence-electron chi connectivity index (χ4n) is 2.11. The van der Waals surface area contributed by atoms with Gasteiger partial charge < -0.3 is 16.0 Å². The second-order valence-electron chi connectivity index (χ2n) is 4.49. The van der Waals surface area contributed by atoms with E-state index in [1.807, 2.05) is 0 Å². The lowest BCUT2D eigenvalue weighted by atomic mass is 10.1. The van der Waals surface area contributed by atoms with E-state index in [0.29, 0.717) is 18.8 Å². The van der Waals surface area contributed by atoms with Crippen molar-refractivity contribution in [2.45, 2.75) is 25.8 Å². The maximum absolute atomic E-state index is 11.8. The van der Waals surface area contributed by atoms with Gasteiger partial charge in [-0.15, -0.1) is 11.3 Å². The van der Waals surface area contributed by atoms with Crippen molar-refractivity contribution in [3.05, 3.63) is 16.1 Å². The fourth-order valence-corrected chi connectivity index (χ4v) is 2.76. The molecule has 2 heterocycles. The Hall–Kier alpha value is -0.980. The van der Waals surface area contributed by atoms with Gasteiger partial charge in [-0.2, -0.15) is 0 Å². The number of piperidine rings is 1. The van der Waals surface area contributed by atoms with E-state index in [4.69, 9.17) is 5.73 Å². The number of thiazole rings is 1. The van der Waals surface area contributed by atoms with Gasteiger partial charge in [0, 0.05) is 25.0 Å². The summed E-state index contributed by atoms with van der Waals surface area (Å²) >= 11 is 1.43. The summed E-state index contributed by atoms with van der Waals surface area (Å²) in [5.41, 5.74) is 5.96. The van der Waals surface area contributed by atoms with Gasteiger partial charge in [-0.3, -0.25) is 4.79 Å². The Balaban J connectivity index is 1.70. The van der Waals surface area contributed by atoms with Crippen LogP contribution in [0.1, 0.15) is 34.8 Å². The molecule has 6 heteroatoms. The third-order valence-electron chi connectivity index (χ3n) is 3.12. The van der Waals surface area contributed by atoms with Gasteiger partial charge in [0.1, 0.15) is 10.7 Å². The Morgan fingerprint density at radius 2 is 2.22 bits per heavy atom. The van der Waals surface area contributed by atoms with E-state index in [-0.39, 0.29) is 5.91 Å². The first-order valence-electron chi connectivity index (χ1n) is 6.44. The molecule has 5 nitrogen and oxygen atoms in total. The lowest BCUT2D eigenvalue weighted by Gasteiger charge is -2.26. The normalized spacial score (nSPS) is 16.7. The smallest absolute Gasteiger partial charge is 0.270 e. The highest BCUT2D eigenvalue weighted by molar-refractivity contribution is 7.09. The van der Waals surface area contributed by atoms with Gasteiger partial charge in [0.2, 0.25) is 0 Å². The molecule has 0 saturated carbocycles. The van der Waals surface area contributed by atoms with Crippen LogP contribution in [0.2, 0.25) is 0 Å². The average molecular weight is 268 g/mol. The molecule has 1 aliphatic rings. The number of amides is 1. The van der Waals surface area contributed by atoms with Crippen LogP contribution in [0.4, 0.5) is 0 Å². The average Bonchev–Trinajstić information content (AvgIpc) is 2.89. The maximum atomic E-state index is 11.8. The van der Waals surface area contributed by atoms with E-state index in [9.17, 15) is 4.79 Å². The number of nitrogens with two attached hydrogens (primary N) is 1. The summed E-state index contributed by atoms with van der Waals surface area (Å²) in [6, 6.07) is 0. The van der Waals surface area contributed by atoms with Crippen molar-refractivity contribution in [1.29, 1.82) is 0 Å². The predicted octanol–water partition coefficient (Wildman–Crippen LogP) is 0.817. The summed E-state index contributed by atoms with van der Waals surface area (Å²) in [7, 11) is 0. The molecule has 0 aromatic carbocycles. The molecule has 2 rings (SSSR count). The Morgan fingerprint density at radius 3 is 2.89 bits per heavy atom. The van der Waals surface area contributed by atoms with Gasteiger partial charge in [0.15, 0.2) is 0 Å². The van der Waals surface area contributed by atoms with Crippen LogP contribution in [-0.2, 0) is 6.54 Å². The van der Waals surface area contributed by atoms with E-state index in [2.05, 4.69) is 15.2 Å². The summed E-state index contributed by atoms with van der Waals surface area (Å²) in [5.74, 6) is -0.0945. The highest BCUT2D eigenvalue weighted by atomic mass is 32.1. The van der Waals surface area contributed by atoms with Crippen molar-refractivity contribution in [3.8, 4) is 0 Å². The zero-order valence-corrected chi connectivity index (χ0v) is 11.3. The van der Waals surface area contributed by atoms with Gasteiger partial charge in [-0.25, -0.2) is 4.98 Å². The van der Waals surface area contributed by atoms with Crippen LogP contribution < -0.4 is 11.1 Å². The van der Waals surface area contributed by atoms with Crippen LogP contribution in [0, 0.1) is 0 Å². The van der Waals surface area contributed by atoms with E-state index in [1.54, 1.807) is 5.38 Å². The Morgan fingerprint density at radius 1 is 1.44 bits per heavy atom. The first kappa shape index (κ1) is 13.5. The Bertz CT molecular complexity index is 387. The summed E-state index contributed by atoms with van der Waals surface area (Å²) < 4.78 is 0. The highest BCUT2D eigenvalue weighted by Gasteiger charge is 2.12. The lowest BCUT2D eigenvalue weighted by molar-refractivity contribution is 0.0942. The molecule has 0 unspecified atom stereocenters. The van der Waals surface area contributed by atoms with Crippen molar-refractivity contribution < 1.29 is 4.79 Å². The van der Waals surface area contributed by atoms with Crippen LogP contribution in [0.25, 0.3) is 0 Å². The van der Waals surface area contributed by atoms with Crippen molar-refractivity contribution in [2.75, 3.05) is 26.2 Å². The van der Waals surface area contributed by atoms with Gasteiger partial charge in [0.25, 0.3) is 5.91 Å². The molecule has 1 aromatic rings. The zero-order chi connectivity index (χ0) is 12.8. The number of hydrogen-bond donors (Lipinski definition) is 2. The molecule has 1 amide bonds. The molecular weight excluding hydrogens is 248 g/mol. The molecule has 100 valence electrons. The second kappa shape index (κ2) is 6.82. The fraction of sp³-hybridized carbons (Fsp3) is 0.667. The summed E-state index contributed by atoms with van der Waals surface area (Å²) in [4.78, 5) is 18.4. The van der Waals surface area contributed by atoms with Crippen LogP contribution in [0.5, 0.6) is 0 Å². The zero-order valence-electron chi connectivity index (χ0n) is 10.5. The molecule has 1 aliphatic heterocycles. The molecule has 1 fully saturated rings. The van der Waals surface area contributed by atoms with E-state index < -0.39 is 0 Å². The molecule has 0 aliphatic carbocycles. The Labute approximate surface area is 111 Å². The van der Waals surface area contributed by atoms with Gasteiger partial charge in [-0.1, -0.05) is 6.42 Å². The number of aromatic nitrogens is 1. The second-order valence-corrected chi connectivity index (χ2v) is 5.43. The highest BCUT2D eigenvalue weighted by Crippen LogP contribution is 2.09. The largest absolute Gasteiger partial charge is 0.349 e. The summed E-state index contributed by atoms with van der Waals surface area (Å²) in [6.07, 6.45) is 3.89. The van der Waals surface area contributed by atoms with E-state index in [0.717, 1.165) is 24.6 Å². The molecule has 18 heavy (non-hydrogen) atoms.